The van der Waals surface area contributed by atoms with Gasteiger partial charge in [0, 0.05) is 30.6 Å². The van der Waals surface area contributed by atoms with Crippen LogP contribution in [-0.4, -0.2) is 28.6 Å². The second-order valence-electron chi connectivity index (χ2n) is 6.44. The van der Waals surface area contributed by atoms with Crippen LogP contribution in [0.5, 0.6) is 0 Å². The van der Waals surface area contributed by atoms with Gasteiger partial charge in [-0.3, -0.25) is 14.4 Å². The Morgan fingerprint density at radius 1 is 1.07 bits per heavy atom. The number of benzene rings is 2. The van der Waals surface area contributed by atoms with E-state index in [0.29, 0.717) is 23.7 Å². The van der Waals surface area contributed by atoms with Crippen LogP contribution in [0, 0.1) is 0 Å². The highest BCUT2D eigenvalue weighted by atomic mass is 16.2. The minimum absolute atomic E-state index is 0.145. The summed E-state index contributed by atoms with van der Waals surface area (Å²) in [6, 6.07) is 14.4. The average Bonchev–Trinajstić information content (AvgIpc) is 3.13. The maximum absolute atomic E-state index is 12.5. The van der Waals surface area contributed by atoms with Gasteiger partial charge in [-0.05, 0) is 30.2 Å². The number of aromatic amines is 1. The van der Waals surface area contributed by atoms with Crippen molar-refractivity contribution in [3.63, 3.8) is 0 Å². The van der Waals surface area contributed by atoms with E-state index in [1.54, 1.807) is 29.2 Å². The van der Waals surface area contributed by atoms with Crippen LogP contribution >= 0.6 is 0 Å². The zero-order valence-electron chi connectivity index (χ0n) is 14.6. The van der Waals surface area contributed by atoms with Gasteiger partial charge >= 0.3 is 0 Å². The topological polar surface area (TPSA) is 95.2 Å². The summed E-state index contributed by atoms with van der Waals surface area (Å²) >= 11 is 0. The number of aromatic nitrogens is 2. The van der Waals surface area contributed by atoms with Crippen molar-refractivity contribution in [3.05, 3.63) is 70.1 Å². The van der Waals surface area contributed by atoms with Crippen LogP contribution in [0.2, 0.25) is 0 Å². The Bertz CT molecular complexity index is 1070. The molecule has 0 saturated carbocycles. The van der Waals surface area contributed by atoms with Crippen molar-refractivity contribution in [3.8, 4) is 0 Å². The monoisotopic (exact) mass is 362 g/mol. The largest absolute Gasteiger partial charge is 0.347 e. The van der Waals surface area contributed by atoms with Gasteiger partial charge in [0.15, 0.2) is 5.69 Å². The quantitative estimate of drug-likeness (QED) is 0.742. The lowest BCUT2D eigenvalue weighted by atomic mass is 10.1. The van der Waals surface area contributed by atoms with E-state index in [1.165, 1.54) is 0 Å². The molecule has 1 saturated heterocycles. The summed E-state index contributed by atoms with van der Waals surface area (Å²) in [6.07, 6.45) is 1.48. The second kappa shape index (κ2) is 7.03. The van der Waals surface area contributed by atoms with Gasteiger partial charge < -0.3 is 10.2 Å². The number of anilines is 1. The molecular weight excluding hydrogens is 344 g/mol. The van der Waals surface area contributed by atoms with Crippen molar-refractivity contribution < 1.29 is 9.59 Å². The number of rotatable bonds is 4. The summed E-state index contributed by atoms with van der Waals surface area (Å²) in [5.74, 6) is -0.215. The minimum atomic E-state index is -0.360. The molecule has 0 unspecified atom stereocenters. The van der Waals surface area contributed by atoms with Gasteiger partial charge in [-0.15, -0.1) is 0 Å². The molecule has 0 radical (unpaired) electrons. The number of H-pyrrole nitrogens is 1. The van der Waals surface area contributed by atoms with Crippen LogP contribution in [0.3, 0.4) is 0 Å². The molecule has 27 heavy (non-hydrogen) atoms. The first-order chi connectivity index (χ1) is 13.1. The van der Waals surface area contributed by atoms with Crippen molar-refractivity contribution >= 4 is 28.3 Å². The molecule has 3 aromatic rings. The fraction of sp³-hybridized carbons (Fsp3) is 0.200. The Morgan fingerprint density at radius 3 is 2.52 bits per heavy atom. The highest BCUT2D eigenvalue weighted by Crippen LogP contribution is 2.21. The van der Waals surface area contributed by atoms with Gasteiger partial charge in [0.1, 0.15) is 0 Å². The number of hydrogen-bond donors (Lipinski definition) is 2. The van der Waals surface area contributed by atoms with E-state index in [0.717, 1.165) is 24.2 Å². The second-order valence-corrected chi connectivity index (χ2v) is 6.44. The predicted octanol–water partition coefficient (Wildman–Crippen LogP) is 1.98. The first kappa shape index (κ1) is 17.0. The summed E-state index contributed by atoms with van der Waals surface area (Å²) < 4.78 is 0. The lowest BCUT2D eigenvalue weighted by Crippen LogP contribution is -2.26. The van der Waals surface area contributed by atoms with Gasteiger partial charge in [-0.25, -0.2) is 5.10 Å². The third-order valence-corrected chi connectivity index (χ3v) is 4.69. The zero-order chi connectivity index (χ0) is 18.8. The Morgan fingerprint density at radius 2 is 1.81 bits per heavy atom. The Labute approximate surface area is 155 Å². The van der Waals surface area contributed by atoms with E-state index in [2.05, 4.69) is 15.5 Å². The first-order valence-electron chi connectivity index (χ1n) is 8.78. The fourth-order valence-corrected chi connectivity index (χ4v) is 3.27. The van der Waals surface area contributed by atoms with Crippen molar-refractivity contribution in [2.75, 3.05) is 11.4 Å². The van der Waals surface area contributed by atoms with Crippen LogP contribution in [-0.2, 0) is 11.3 Å². The summed E-state index contributed by atoms with van der Waals surface area (Å²) in [4.78, 5) is 37.9. The molecule has 7 nitrogen and oxygen atoms in total. The van der Waals surface area contributed by atoms with Crippen molar-refractivity contribution in [2.45, 2.75) is 19.4 Å². The fourth-order valence-electron chi connectivity index (χ4n) is 3.27. The molecule has 7 heteroatoms. The van der Waals surface area contributed by atoms with E-state index >= 15 is 0 Å². The maximum atomic E-state index is 12.5. The summed E-state index contributed by atoms with van der Waals surface area (Å²) in [5, 5.41) is 10.0. The number of amides is 2. The number of carbonyl (C=O) groups excluding carboxylic acids is 2. The first-order valence-corrected chi connectivity index (χ1v) is 8.78. The minimum Gasteiger partial charge on any atom is -0.347 e. The Balaban J connectivity index is 1.48. The molecule has 1 fully saturated rings. The standard InChI is InChI=1S/C20H18N4O3/c25-17-6-3-11-24(17)14-9-7-13(8-10-14)12-21-20(27)18-15-4-1-2-5-16(15)19(26)23-22-18/h1-2,4-5,7-10H,3,6,11-12H2,(H,21,27)(H,23,26). The van der Waals surface area contributed by atoms with Gasteiger partial charge in [-0.1, -0.05) is 30.3 Å². The number of carbonyl (C=O) groups is 2. The molecular formula is C20H18N4O3. The molecule has 4 rings (SSSR count). The van der Waals surface area contributed by atoms with Gasteiger partial charge in [0.25, 0.3) is 11.5 Å². The van der Waals surface area contributed by atoms with E-state index in [1.807, 2.05) is 24.3 Å². The average molecular weight is 362 g/mol. The molecule has 2 heterocycles. The third kappa shape index (κ3) is 3.31. The smallest absolute Gasteiger partial charge is 0.272 e. The molecule has 0 atom stereocenters. The summed E-state index contributed by atoms with van der Waals surface area (Å²) in [6.45, 7) is 1.07. The molecule has 136 valence electrons. The summed E-state index contributed by atoms with van der Waals surface area (Å²) in [7, 11) is 0. The molecule has 1 aliphatic rings. The van der Waals surface area contributed by atoms with Crippen LogP contribution in [0.25, 0.3) is 10.8 Å². The number of nitrogens with one attached hydrogen (secondary N) is 2. The number of fused-ring (bicyclic) bond motifs is 1. The van der Waals surface area contributed by atoms with Crippen molar-refractivity contribution in [1.82, 2.24) is 15.5 Å². The molecule has 0 bridgehead atoms. The van der Waals surface area contributed by atoms with Crippen LogP contribution in [0.4, 0.5) is 5.69 Å². The maximum Gasteiger partial charge on any atom is 0.272 e. The molecule has 0 aliphatic carbocycles. The van der Waals surface area contributed by atoms with Gasteiger partial charge in [0.05, 0.1) is 5.39 Å². The van der Waals surface area contributed by atoms with Crippen LogP contribution < -0.4 is 15.8 Å². The van der Waals surface area contributed by atoms with Crippen LogP contribution in [0.1, 0.15) is 28.9 Å². The SMILES string of the molecule is O=C(NCc1ccc(N2CCCC2=O)cc1)c1n[nH]c(=O)c2ccccc12. The van der Waals surface area contributed by atoms with E-state index < -0.39 is 0 Å². The lowest BCUT2D eigenvalue weighted by Gasteiger charge is -2.16. The normalized spacial score (nSPS) is 13.9. The Kier molecular flexibility index (Phi) is 4.42. The number of nitrogens with zero attached hydrogens (tertiary/aromatic N) is 2. The molecule has 1 aliphatic heterocycles. The zero-order valence-corrected chi connectivity index (χ0v) is 14.6. The van der Waals surface area contributed by atoms with Crippen molar-refractivity contribution in [2.24, 2.45) is 0 Å². The van der Waals surface area contributed by atoms with Gasteiger partial charge in [0.2, 0.25) is 5.91 Å². The molecule has 2 aromatic carbocycles. The molecule has 0 spiro atoms. The highest BCUT2D eigenvalue weighted by Gasteiger charge is 2.21. The highest BCUT2D eigenvalue weighted by molar-refractivity contribution is 6.04. The van der Waals surface area contributed by atoms with Crippen molar-refractivity contribution in [1.29, 1.82) is 0 Å². The van der Waals surface area contributed by atoms with Crippen LogP contribution in [0.15, 0.2) is 53.3 Å². The molecule has 2 amide bonds. The van der Waals surface area contributed by atoms with Gasteiger partial charge in [-0.2, -0.15) is 5.10 Å². The van der Waals surface area contributed by atoms with E-state index in [-0.39, 0.29) is 23.1 Å². The lowest BCUT2D eigenvalue weighted by molar-refractivity contribution is -0.117. The molecule has 2 N–H and O–H groups in total. The Hall–Kier alpha value is -3.48. The predicted molar refractivity (Wildman–Crippen MR) is 102 cm³/mol. The van der Waals surface area contributed by atoms with E-state index in [9.17, 15) is 14.4 Å². The summed E-state index contributed by atoms with van der Waals surface area (Å²) in [5.41, 5.74) is 1.65. The molecule has 1 aromatic heterocycles. The van der Waals surface area contributed by atoms with E-state index in [4.69, 9.17) is 0 Å². The number of hydrogen-bond acceptors (Lipinski definition) is 4. The third-order valence-electron chi connectivity index (χ3n) is 4.69.